The second-order valence-electron chi connectivity index (χ2n) is 3.58. The number of rotatable bonds is 3. The first-order valence-corrected chi connectivity index (χ1v) is 6.03. The Morgan fingerprint density at radius 1 is 1.17 bits per heavy atom. The van der Waals surface area contributed by atoms with Crippen LogP contribution in [0.1, 0.15) is 4.88 Å². The van der Waals surface area contributed by atoms with Gasteiger partial charge in [-0.05, 0) is 29.8 Å². The summed E-state index contributed by atoms with van der Waals surface area (Å²) in [4.78, 5) is 1.46. The molecule has 0 radical (unpaired) electrons. The summed E-state index contributed by atoms with van der Waals surface area (Å²) < 4.78 is 10.4. The van der Waals surface area contributed by atoms with Gasteiger partial charge in [0.1, 0.15) is 10.9 Å². The minimum absolute atomic E-state index is 0.507. The Morgan fingerprint density at radius 2 is 1.89 bits per heavy atom. The fourth-order valence-corrected chi connectivity index (χ4v) is 2.50. The van der Waals surface area contributed by atoms with E-state index in [4.69, 9.17) is 20.5 Å². The van der Waals surface area contributed by atoms with E-state index in [1.807, 2.05) is 18.2 Å². The summed E-state index contributed by atoms with van der Waals surface area (Å²) in [5.41, 5.74) is 7.20. The molecule has 0 unspecified atom stereocenters. The zero-order chi connectivity index (χ0) is 13.1. The summed E-state index contributed by atoms with van der Waals surface area (Å²) in [6.45, 7) is 0. The number of hydrogen-bond acceptors (Lipinski definition) is 5. The Bertz CT molecular complexity index is 614. The van der Waals surface area contributed by atoms with Gasteiger partial charge in [-0.2, -0.15) is 5.26 Å². The molecule has 92 valence electrons. The number of nitriles is 1. The molecule has 2 N–H and O–H groups in total. The van der Waals surface area contributed by atoms with E-state index < -0.39 is 0 Å². The molecule has 5 heteroatoms. The highest BCUT2D eigenvalue weighted by Gasteiger charge is 2.10. The van der Waals surface area contributed by atoms with Crippen LogP contribution in [0.3, 0.4) is 0 Å². The van der Waals surface area contributed by atoms with E-state index >= 15 is 0 Å². The SMILES string of the molecule is COc1ccc(-c2cc(N)c(C#N)s2)cc1OC. The summed E-state index contributed by atoms with van der Waals surface area (Å²) in [6.07, 6.45) is 0. The number of nitrogens with two attached hydrogens (primary N) is 1. The smallest absolute Gasteiger partial charge is 0.161 e. The van der Waals surface area contributed by atoms with Crippen LogP contribution in [0.4, 0.5) is 5.69 Å². The number of ether oxygens (including phenoxy) is 2. The Labute approximate surface area is 109 Å². The highest BCUT2D eigenvalue weighted by atomic mass is 32.1. The van der Waals surface area contributed by atoms with Crippen molar-refractivity contribution in [3.63, 3.8) is 0 Å². The molecular formula is C13H12N2O2S. The van der Waals surface area contributed by atoms with Crippen molar-refractivity contribution in [3.8, 4) is 28.0 Å². The third-order valence-corrected chi connectivity index (χ3v) is 3.63. The Balaban J connectivity index is 2.48. The minimum Gasteiger partial charge on any atom is -0.493 e. The number of benzene rings is 1. The standard InChI is InChI=1S/C13H12N2O2S/c1-16-10-4-3-8(5-11(10)17-2)12-6-9(15)13(7-14)18-12/h3-6H,15H2,1-2H3. The van der Waals surface area contributed by atoms with Gasteiger partial charge in [-0.15, -0.1) is 11.3 Å². The number of hydrogen-bond donors (Lipinski definition) is 1. The molecule has 0 saturated carbocycles. The maximum Gasteiger partial charge on any atom is 0.161 e. The predicted octanol–water partition coefficient (Wildman–Crippen LogP) is 2.89. The fourth-order valence-electron chi connectivity index (χ4n) is 1.62. The molecule has 0 atom stereocenters. The van der Waals surface area contributed by atoms with Gasteiger partial charge in [0, 0.05) is 4.88 Å². The summed E-state index contributed by atoms with van der Waals surface area (Å²) in [6, 6.07) is 9.48. The molecule has 2 aromatic rings. The van der Waals surface area contributed by atoms with Crippen molar-refractivity contribution in [2.45, 2.75) is 0 Å². The van der Waals surface area contributed by atoms with Crippen molar-refractivity contribution in [2.75, 3.05) is 20.0 Å². The molecule has 2 rings (SSSR count). The molecule has 0 saturated heterocycles. The molecule has 0 aliphatic heterocycles. The first kappa shape index (κ1) is 12.3. The van der Waals surface area contributed by atoms with E-state index in [0.29, 0.717) is 22.1 Å². The van der Waals surface area contributed by atoms with E-state index in [-0.39, 0.29) is 0 Å². The molecule has 0 fully saturated rings. The van der Waals surface area contributed by atoms with Crippen molar-refractivity contribution in [2.24, 2.45) is 0 Å². The molecule has 4 nitrogen and oxygen atoms in total. The largest absolute Gasteiger partial charge is 0.493 e. The zero-order valence-corrected chi connectivity index (χ0v) is 10.9. The van der Waals surface area contributed by atoms with Gasteiger partial charge in [0.2, 0.25) is 0 Å². The van der Waals surface area contributed by atoms with E-state index in [2.05, 4.69) is 6.07 Å². The number of anilines is 1. The molecular weight excluding hydrogens is 248 g/mol. The third-order valence-electron chi connectivity index (χ3n) is 2.53. The first-order chi connectivity index (χ1) is 8.69. The topological polar surface area (TPSA) is 68.3 Å². The van der Waals surface area contributed by atoms with Crippen molar-refractivity contribution >= 4 is 17.0 Å². The molecule has 0 aliphatic rings. The van der Waals surface area contributed by atoms with Gasteiger partial charge in [-0.1, -0.05) is 0 Å². The van der Waals surface area contributed by atoms with Crippen LogP contribution in [-0.2, 0) is 0 Å². The highest BCUT2D eigenvalue weighted by molar-refractivity contribution is 7.16. The summed E-state index contributed by atoms with van der Waals surface area (Å²) in [5.74, 6) is 1.33. The van der Waals surface area contributed by atoms with E-state index in [9.17, 15) is 0 Å². The fraction of sp³-hybridized carbons (Fsp3) is 0.154. The van der Waals surface area contributed by atoms with Gasteiger partial charge in [0.05, 0.1) is 19.9 Å². The lowest BCUT2D eigenvalue weighted by molar-refractivity contribution is 0.355. The predicted molar refractivity (Wildman–Crippen MR) is 72.0 cm³/mol. The number of nitrogens with zero attached hydrogens (tertiary/aromatic N) is 1. The van der Waals surface area contributed by atoms with E-state index in [0.717, 1.165) is 10.4 Å². The zero-order valence-electron chi connectivity index (χ0n) is 10.1. The average molecular weight is 260 g/mol. The van der Waals surface area contributed by atoms with Crippen molar-refractivity contribution in [1.82, 2.24) is 0 Å². The maximum absolute atomic E-state index is 8.90. The van der Waals surface area contributed by atoms with Gasteiger partial charge >= 0.3 is 0 Å². The number of thiophene rings is 1. The second kappa shape index (κ2) is 4.98. The van der Waals surface area contributed by atoms with Gasteiger partial charge in [-0.3, -0.25) is 0 Å². The van der Waals surface area contributed by atoms with Crippen molar-refractivity contribution in [1.29, 1.82) is 5.26 Å². The van der Waals surface area contributed by atoms with Crippen LogP contribution < -0.4 is 15.2 Å². The van der Waals surface area contributed by atoms with Gasteiger partial charge in [-0.25, -0.2) is 0 Å². The van der Waals surface area contributed by atoms with Crippen LogP contribution in [0.5, 0.6) is 11.5 Å². The van der Waals surface area contributed by atoms with Gasteiger partial charge < -0.3 is 15.2 Å². The highest BCUT2D eigenvalue weighted by Crippen LogP contribution is 2.37. The summed E-state index contributed by atoms with van der Waals surface area (Å²) >= 11 is 1.36. The number of methoxy groups -OCH3 is 2. The molecule has 18 heavy (non-hydrogen) atoms. The average Bonchev–Trinajstić information content (AvgIpc) is 2.79. The third kappa shape index (κ3) is 2.11. The molecule has 1 heterocycles. The molecule has 1 aromatic carbocycles. The maximum atomic E-state index is 8.90. The molecule has 0 spiro atoms. The second-order valence-corrected chi connectivity index (χ2v) is 4.63. The first-order valence-electron chi connectivity index (χ1n) is 5.21. The normalized spacial score (nSPS) is 9.83. The van der Waals surface area contributed by atoms with Crippen LogP contribution in [0, 0.1) is 11.3 Å². The van der Waals surface area contributed by atoms with E-state index in [1.165, 1.54) is 11.3 Å². The van der Waals surface area contributed by atoms with E-state index in [1.54, 1.807) is 20.3 Å². The Kier molecular flexibility index (Phi) is 3.40. The Morgan fingerprint density at radius 3 is 2.44 bits per heavy atom. The van der Waals surface area contributed by atoms with Crippen LogP contribution in [0.25, 0.3) is 10.4 Å². The molecule has 0 bridgehead atoms. The Hall–Kier alpha value is -2.19. The van der Waals surface area contributed by atoms with Crippen LogP contribution in [0.15, 0.2) is 24.3 Å². The number of nitrogen functional groups attached to an aromatic ring is 1. The van der Waals surface area contributed by atoms with Crippen LogP contribution in [0.2, 0.25) is 0 Å². The molecule has 1 aromatic heterocycles. The lowest BCUT2D eigenvalue weighted by Gasteiger charge is -2.08. The summed E-state index contributed by atoms with van der Waals surface area (Å²) in [7, 11) is 3.18. The lowest BCUT2D eigenvalue weighted by atomic mass is 10.1. The van der Waals surface area contributed by atoms with Crippen LogP contribution >= 0.6 is 11.3 Å². The lowest BCUT2D eigenvalue weighted by Crippen LogP contribution is -1.90. The van der Waals surface area contributed by atoms with Crippen molar-refractivity contribution in [3.05, 3.63) is 29.1 Å². The monoisotopic (exact) mass is 260 g/mol. The van der Waals surface area contributed by atoms with Gasteiger partial charge in [0.15, 0.2) is 11.5 Å². The minimum atomic E-state index is 0.507. The van der Waals surface area contributed by atoms with Gasteiger partial charge in [0.25, 0.3) is 0 Å². The van der Waals surface area contributed by atoms with Crippen LogP contribution in [-0.4, -0.2) is 14.2 Å². The molecule has 0 aliphatic carbocycles. The molecule has 0 amide bonds. The van der Waals surface area contributed by atoms with Crippen molar-refractivity contribution < 1.29 is 9.47 Å². The quantitative estimate of drug-likeness (QED) is 0.921. The summed E-state index contributed by atoms with van der Waals surface area (Å²) in [5, 5.41) is 8.90.